The lowest BCUT2D eigenvalue weighted by Gasteiger charge is -2.23. The van der Waals surface area contributed by atoms with Gasteiger partial charge in [0.05, 0.1) is 33.4 Å². The third-order valence-corrected chi connectivity index (χ3v) is 4.87. The first-order chi connectivity index (χ1) is 15.0. The van der Waals surface area contributed by atoms with Crippen molar-refractivity contribution in [2.45, 2.75) is 12.5 Å². The lowest BCUT2D eigenvalue weighted by Crippen LogP contribution is -2.36. The van der Waals surface area contributed by atoms with E-state index in [4.69, 9.17) is 14.2 Å². The number of hydrogen-bond acceptors (Lipinski definition) is 7. The van der Waals surface area contributed by atoms with Gasteiger partial charge in [-0.3, -0.25) is 14.9 Å². The van der Waals surface area contributed by atoms with E-state index in [1.165, 1.54) is 11.8 Å². The fourth-order valence-corrected chi connectivity index (χ4v) is 3.25. The van der Waals surface area contributed by atoms with E-state index >= 15 is 0 Å². The standard InChI is InChI=1S/C21H21N5O5/c1-29-13-6-4-12(5-7-13)19-24-21-23-18(27)11-16(26(21)25-19)20(28)22-15-9-8-14(30-2)10-17(15)31-3/h4-10,16H,11H2,1-3H3,(H,22,28)(H,23,24,25,27)/t16-/m0/s1. The molecule has 2 N–H and O–H groups in total. The van der Waals surface area contributed by atoms with Crippen LogP contribution >= 0.6 is 0 Å². The average Bonchev–Trinajstić information content (AvgIpc) is 3.22. The maximum absolute atomic E-state index is 13.0. The topological polar surface area (TPSA) is 117 Å². The van der Waals surface area contributed by atoms with Gasteiger partial charge in [-0.05, 0) is 36.4 Å². The Morgan fingerprint density at radius 1 is 1.06 bits per heavy atom. The van der Waals surface area contributed by atoms with Gasteiger partial charge in [-0.2, -0.15) is 4.98 Å². The molecule has 0 radical (unpaired) electrons. The van der Waals surface area contributed by atoms with Crippen molar-refractivity contribution in [2.24, 2.45) is 0 Å². The largest absolute Gasteiger partial charge is 0.497 e. The zero-order chi connectivity index (χ0) is 22.0. The molecular formula is C21H21N5O5. The molecule has 4 rings (SSSR count). The molecule has 0 fully saturated rings. The van der Waals surface area contributed by atoms with Crippen molar-refractivity contribution >= 4 is 23.5 Å². The van der Waals surface area contributed by atoms with E-state index in [1.807, 2.05) is 0 Å². The second kappa shape index (κ2) is 8.34. The number of benzene rings is 2. The highest BCUT2D eigenvalue weighted by atomic mass is 16.5. The summed E-state index contributed by atoms with van der Waals surface area (Å²) in [5.41, 5.74) is 1.18. The third-order valence-electron chi connectivity index (χ3n) is 4.87. The average molecular weight is 423 g/mol. The number of rotatable bonds is 6. The Morgan fingerprint density at radius 3 is 2.45 bits per heavy atom. The van der Waals surface area contributed by atoms with Gasteiger partial charge >= 0.3 is 0 Å². The summed E-state index contributed by atoms with van der Waals surface area (Å²) in [6, 6.07) is 11.3. The van der Waals surface area contributed by atoms with Gasteiger partial charge in [-0.25, -0.2) is 4.68 Å². The molecule has 2 aromatic carbocycles. The predicted molar refractivity (Wildman–Crippen MR) is 112 cm³/mol. The van der Waals surface area contributed by atoms with Crippen LogP contribution in [0, 0.1) is 0 Å². The molecule has 10 heteroatoms. The molecule has 1 atom stereocenters. The van der Waals surface area contributed by atoms with Gasteiger partial charge in [-0.15, -0.1) is 5.10 Å². The number of carbonyl (C=O) groups is 2. The van der Waals surface area contributed by atoms with Crippen molar-refractivity contribution in [3.05, 3.63) is 42.5 Å². The third kappa shape index (κ3) is 4.00. The molecule has 0 unspecified atom stereocenters. The number of nitrogens with zero attached hydrogens (tertiary/aromatic N) is 3. The van der Waals surface area contributed by atoms with Crippen molar-refractivity contribution in [2.75, 3.05) is 32.0 Å². The highest BCUT2D eigenvalue weighted by Gasteiger charge is 2.33. The van der Waals surface area contributed by atoms with Crippen LogP contribution in [0.5, 0.6) is 17.2 Å². The van der Waals surface area contributed by atoms with E-state index in [2.05, 4.69) is 20.7 Å². The molecule has 1 aliphatic heterocycles. The first kappa shape index (κ1) is 20.2. The molecule has 10 nitrogen and oxygen atoms in total. The van der Waals surface area contributed by atoms with Crippen LogP contribution in [0.1, 0.15) is 12.5 Å². The molecule has 1 aliphatic rings. The molecule has 0 aliphatic carbocycles. The lowest BCUT2D eigenvalue weighted by atomic mass is 10.1. The minimum Gasteiger partial charge on any atom is -0.497 e. The monoisotopic (exact) mass is 423 g/mol. The van der Waals surface area contributed by atoms with Crippen LogP contribution in [0.15, 0.2) is 42.5 Å². The Hall–Kier alpha value is -4.08. The van der Waals surface area contributed by atoms with Gasteiger partial charge < -0.3 is 19.5 Å². The molecule has 1 aromatic heterocycles. The molecule has 0 saturated carbocycles. The lowest BCUT2D eigenvalue weighted by molar-refractivity contribution is -0.125. The number of aromatic nitrogens is 3. The molecule has 31 heavy (non-hydrogen) atoms. The Kier molecular flexibility index (Phi) is 5.44. The van der Waals surface area contributed by atoms with Crippen LogP contribution < -0.4 is 24.8 Å². The van der Waals surface area contributed by atoms with Crippen molar-refractivity contribution in [3.8, 4) is 28.6 Å². The molecule has 0 bridgehead atoms. The van der Waals surface area contributed by atoms with Crippen molar-refractivity contribution < 1.29 is 23.8 Å². The zero-order valence-corrected chi connectivity index (χ0v) is 17.2. The number of anilines is 2. The summed E-state index contributed by atoms with van der Waals surface area (Å²) >= 11 is 0. The number of fused-ring (bicyclic) bond motifs is 1. The number of carbonyl (C=O) groups excluding carboxylic acids is 2. The predicted octanol–water partition coefficient (Wildman–Crippen LogP) is 2.49. The van der Waals surface area contributed by atoms with Gasteiger partial charge in [0, 0.05) is 11.6 Å². The minimum atomic E-state index is -0.866. The molecule has 2 heterocycles. The van der Waals surface area contributed by atoms with Crippen molar-refractivity contribution in [1.82, 2.24) is 14.8 Å². The van der Waals surface area contributed by atoms with E-state index in [9.17, 15) is 9.59 Å². The van der Waals surface area contributed by atoms with E-state index in [0.717, 1.165) is 5.56 Å². The number of ether oxygens (including phenoxy) is 3. The number of amides is 2. The van der Waals surface area contributed by atoms with Gasteiger partial charge in [0.15, 0.2) is 5.82 Å². The molecule has 2 amide bonds. The number of hydrogen-bond donors (Lipinski definition) is 2. The van der Waals surface area contributed by atoms with Gasteiger partial charge in [0.2, 0.25) is 17.8 Å². The first-order valence-electron chi connectivity index (χ1n) is 9.46. The van der Waals surface area contributed by atoms with Crippen molar-refractivity contribution in [3.63, 3.8) is 0 Å². The Labute approximate surface area is 178 Å². The quantitative estimate of drug-likeness (QED) is 0.626. The fourth-order valence-electron chi connectivity index (χ4n) is 3.25. The Bertz CT molecular complexity index is 1130. The smallest absolute Gasteiger partial charge is 0.250 e. The summed E-state index contributed by atoms with van der Waals surface area (Å²) in [6.07, 6.45) is -0.0667. The maximum atomic E-state index is 13.0. The summed E-state index contributed by atoms with van der Waals surface area (Å²) in [4.78, 5) is 29.6. The number of methoxy groups -OCH3 is 3. The summed E-state index contributed by atoms with van der Waals surface area (Å²) in [6.45, 7) is 0. The summed E-state index contributed by atoms with van der Waals surface area (Å²) in [7, 11) is 4.62. The highest BCUT2D eigenvalue weighted by molar-refractivity contribution is 6.01. The van der Waals surface area contributed by atoms with Crippen LogP contribution in [0.2, 0.25) is 0 Å². The Balaban J connectivity index is 1.62. The van der Waals surface area contributed by atoms with E-state index in [0.29, 0.717) is 28.8 Å². The summed E-state index contributed by atoms with van der Waals surface area (Å²) in [5, 5.41) is 9.93. The van der Waals surface area contributed by atoms with Crippen molar-refractivity contribution in [1.29, 1.82) is 0 Å². The minimum absolute atomic E-state index is 0.0667. The molecular weight excluding hydrogens is 402 g/mol. The van der Waals surface area contributed by atoms with Crippen LogP contribution in [0.4, 0.5) is 11.6 Å². The van der Waals surface area contributed by atoms with Gasteiger partial charge in [0.25, 0.3) is 0 Å². The van der Waals surface area contributed by atoms with Gasteiger partial charge in [0.1, 0.15) is 23.3 Å². The maximum Gasteiger partial charge on any atom is 0.250 e. The van der Waals surface area contributed by atoms with Crippen LogP contribution in [-0.2, 0) is 9.59 Å². The second-order valence-corrected chi connectivity index (χ2v) is 6.76. The van der Waals surface area contributed by atoms with Gasteiger partial charge in [-0.1, -0.05) is 0 Å². The molecule has 160 valence electrons. The Morgan fingerprint density at radius 2 is 1.77 bits per heavy atom. The van der Waals surface area contributed by atoms with Crippen LogP contribution in [0.3, 0.4) is 0 Å². The fraction of sp³-hybridized carbons (Fsp3) is 0.238. The second-order valence-electron chi connectivity index (χ2n) is 6.76. The number of nitrogens with one attached hydrogen (secondary N) is 2. The van der Waals surface area contributed by atoms with E-state index in [-0.39, 0.29) is 18.3 Å². The molecule has 0 spiro atoms. The first-order valence-corrected chi connectivity index (χ1v) is 9.46. The SMILES string of the molecule is COc1ccc(-c2nc3n(n2)[C@H](C(=O)Nc2ccc(OC)cc2OC)CC(=O)N3)cc1. The highest BCUT2D eigenvalue weighted by Crippen LogP contribution is 2.32. The van der Waals surface area contributed by atoms with Crippen LogP contribution in [-0.4, -0.2) is 47.9 Å². The van der Waals surface area contributed by atoms with Crippen LogP contribution in [0.25, 0.3) is 11.4 Å². The summed E-state index contributed by atoms with van der Waals surface area (Å²) < 4.78 is 17.1. The van der Waals surface area contributed by atoms with E-state index < -0.39 is 11.9 Å². The normalized spacial score (nSPS) is 14.9. The summed E-state index contributed by atoms with van der Waals surface area (Å²) in [5.74, 6) is 1.60. The zero-order valence-electron chi connectivity index (χ0n) is 17.2. The molecule has 0 saturated heterocycles. The van der Waals surface area contributed by atoms with E-state index in [1.54, 1.807) is 56.7 Å². The molecule has 3 aromatic rings.